The minimum Gasteiger partial charge on any atom is -0.382 e. The van der Waals surface area contributed by atoms with Crippen LogP contribution in [0.4, 0.5) is 5.82 Å². The Balaban J connectivity index is 1.70. The number of nitrogen functional groups attached to an aromatic ring is 1. The van der Waals surface area contributed by atoms with Crippen molar-refractivity contribution in [3.63, 3.8) is 0 Å². The number of pyridine rings is 1. The Morgan fingerprint density at radius 1 is 1.12 bits per heavy atom. The molecule has 6 nitrogen and oxygen atoms in total. The molecule has 0 aliphatic heterocycles. The first-order chi connectivity index (χ1) is 11.9. The Labute approximate surface area is 147 Å². The first-order valence-corrected chi connectivity index (χ1v) is 9.91. The van der Waals surface area contributed by atoms with Crippen molar-refractivity contribution in [1.29, 1.82) is 0 Å². The third-order valence-corrected chi connectivity index (χ3v) is 6.14. The number of hydrogen-bond acceptors (Lipinski definition) is 5. The van der Waals surface area contributed by atoms with Crippen molar-refractivity contribution in [3.8, 4) is 0 Å². The number of unbranched alkanes of at least 4 members (excludes halogenated alkanes) is 1. The zero-order valence-corrected chi connectivity index (χ0v) is 15.3. The van der Waals surface area contributed by atoms with Crippen molar-refractivity contribution in [3.05, 3.63) is 47.9 Å². The molecule has 0 spiro atoms. The molecule has 0 saturated carbocycles. The average molecular weight is 358 g/mol. The normalized spacial score (nSPS) is 11.9. The summed E-state index contributed by atoms with van der Waals surface area (Å²) in [6.07, 6.45) is 3.09. The molecular weight excluding hydrogens is 336 g/mol. The second-order valence-electron chi connectivity index (χ2n) is 6.17. The van der Waals surface area contributed by atoms with E-state index in [9.17, 15) is 8.42 Å². The van der Waals surface area contributed by atoms with Gasteiger partial charge in [-0.1, -0.05) is 18.2 Å². The summed E-state index contributed by atoms with van der Waals surface area (Å²) in [4.78, 5) is 9.04. The van der Waals surface area contributed by atoms with Crippen molar-refractivity contribution in [2.75, 3.05) is 11.5 Å². The van der Waals surface area contributed by atoms with Crippen LogP contribution in [0, 0.1) is 13.8 Å². The van der Waals surface area contributed by atoms with Crippen molar-refractivity contribution in [2.24, 2.45) is 0 Å². The fourth-order valence-corrected chi connectivity index (χ4v) is 4.40. The number of nitrogens with zero attached hydrogens (tertiary/aromatic N) is 3. The molecule has 0 bridgehead atoms. The van der Waals surface area contributed by atoms with Crippen LogP contribution >= 0.6 is 0 Å². The Morgan fingerprint density at radius 2 is 1.84 bits per heavy atom. The number of benzene rings is 1. The molecule has 0 atom stereocenters. The van der Waals surface area contributed by atoms with Crippen molar-refractivity contribution >= 4 is 26.7 Å². The van der Waals surface area contributed by atoms with Gasteiger partial charge in [-0.15, -0.1) is 0 Å². The van der Waals surface area contributed by atoms with E-state index in [1.807, 2.05) is 19.9 Å². The fourth-order valence-electron chi connectivity index (χ4n) is 3.01. The van der Waals surface area contributed by atoms with Gasteiger partial charge in [0.1, 0.15) is 11.3 Å². The molecule has 0 radical (unpaired) electrons. The largest absolute Gasteiger partial charge is 0.382 e. The SMILES string of the molecule is Cc1cnc(N)c2nc(C)n(CCCCS(=O)(=O)c3ccccc3)c12. The predicted octanol–water partition coefficient (Wildman–Crippen LogP) is 2.88. The molecular formula is C18H22N4O2S. The topological polar surface area (TPSA) is 90.9 Å². The van der Waals surface area contributed by atoms with Crippen LogP contribution in [0.15, 0.2) is 41.4 Å². The number of sulfone groups is 1. The molecule has 25 heavy (non-hydrogen) atoms. The number of fused-ring (bicyclic) bond motifs is 1. The van der Waals surface area contributed by atoms with E-state index in [4.69, 9.17) is 5.73 Å². The first-order valence-electron chi connectivity index (χ1n) is 8.26. The van der Waals surface area contributed by atoms with E-state index in [0.717, 1.165) is 28.8 Å². The van der Waals surface area contributed by atoms with Crippen LogP contribution in [0.25, 0.3) is 11.0 Å². The maximum Gasteiger partial charge on any atom is 0.178 e. The zero-order chi connectivity index (χ0) is 18.0. The number of nitrogens with two attached hydrogens (primary N) is 1. The van der Waals surface area contributed by atoms with Gasteiger partial charge in [0.2, 0.25) is 0 Å². The zero-order valence-electron chi connectivity index (χ0n) is 14.4. The van der Waals surface area contributed by atoms with Crippen LogP contribution in [0.1, 0.15) is 24.2 Å². The number of hydrogen-bond donors (Lipinski definition) is 1. The summed E-state index contributed by atoms with van der Waals surface area (Å²) >= 11 is 0. The van der Waals surface area contributed by atoms with Gasteiger partial charge in [-0.2, -0.15) is 0 Å². The van der Waals surface area contributed by atoms with Gasteiger partial charge in [0.15, 0.2) is 15.7 Å². The summed E-state index contributed by atoms with van der Waals surface area (Å²) in [6.45, 7) is 4.61. The predicted molar refractivity (Wildman–Crippen MR) is 99.1 cm³/mol. The molecule has 7 heteroatoms. The highest BCUT2D eigenvalue weighted by molar-refractivity contribution is 7.91. The second-order valence-corrected chi connectivity index (χ2v) is 8.28. The molecule has 2 heterocycles. The lowest BCUT2D eigenvalue weighted by Gasteiger charge is -2.09. The van der Waals surface area contributed by atoms with Crippen LogP contribution < -0.4 is 5.73 Å². The first kappa shape index (κ1) is 17.4. The van der Waals surface area contributed by atoms with Crippen molar-refractivity contribution in [2.45, 2.75) is 38.1 Å². The van der Waals surface area contributed by atoms with Crippen LogP contribution in [0.2, 0.25) is 0 Å². The molecule has 0 aliphatic carbocycles. The molecule has 3 rings (SSSR count). The Hall–Kier alpha value is -2.41. The van der Waals surface area contributed by atoms with E-state index >= 15 is 0 Å². The van der Waals surface area contributed by atoms with Gasteiger partial charge in [0.05, 0.1) is 16.2 Å². The Morgan fingerprint density at radius 3 is 2.56 bits per heavy atom. The number of anilines is 1. The summed E-state index contributed by atoms with van der Waals surface area (Å²) in [5.41, 5.74) is 8.63. The molecule has 0 unspecified atom stereocenters. The lowest BCUT2D eigenvalue weighted by atomic mass is 10.2. The van der Waals surface area contributed by atoms with Crippen LogP contribution in [0.5, 0.6) is 0 Å². The molecule has 3 aromatic rings. The lowest BCUT2D eigenvalue weighted by molar-refractivity contribution is 0.583. The monoisotopic (exact) mass is 358 g/mol. The summed E-state index contributed by atoms with van der Waals surface area (Å²) in [7, 11) is -3.22. The second kappa shape index (κ2) is 6.84. The van der Waals surface area contributed by atoms with E-state index in [2.05, 4.69) is 14.5 Å². The van der Waals surface area contributed by atoms with Crippen LogP contribution in [-0.2, 0) is 16.4 Å². The minimum atomic E-state index is -3.22. The Kier molecular flexibility index (Phi) is 4.76. The third kappa shape index (κ3) is 3.51. The minimum absolute atomic E-state index is 0.144. The number of imidazole rings is 1. The summed E-state index contributed by atoms with van der Waals surface area (Å²) in [5, 5.41) is 0. The van der Waals surface area contributed by atoms with Crippen LogP contribution in [-0.4, -0.2) is 28.7 Å². The van der Waals surface area contributed by atoms with Gasteiger partial charge >= 0.3 is 0 Å². The third-order valence-electron chi connectivity index (χ3n) is 4.32. The van der Waals surface area contributed by atoms with Gasteiger partial charge in [-0.3, -0.25) is 0 Å². The van der Waals surface area contributed by atoms with E-state index in [-0.39, 0.29) is 5.75 Å². The standard InChI is InChI=1S/C18H22N4O2S/c1-13-12-20-18(19)16-17(13)22(14(2)21-16)10-6-7-11-25(23,24)15-8-4-3-5-9-15/h3-5,8-9,12H,6-7,10-11H2,1-2H3,(H2,19,20). The number of aryl methyl sites for hydroxylation is 3. The highest BCUT2D eigenvalue weighted by atomic mass is 32.2. The number of rotatable bonds is 6. The molecule has 0 amide bonds. The van der Waals surface area contributed by atoms with Crippen molar-refractivity contribution in [1.82, 2.24) is 14.5 Å². The van der Waals surface area contributed by atoms with Gasteiger partial charge < -0.3 is 10.3 Å². The molecule has 2 aromatic heterocycles. The van der Waals surface area contributed by atoms with Gasteiger partial charge in [-0.25, -0.2) is 18.4 Å². The molecule has 0 fully saturated rings. The van der Waals surface area contributed by atoms with E-state index in [1.165, 1.54) is 0 Å². The fraction of sp³-hybridized carbons (Fsp3) is 0.333. The maximum absolute atomic E-state index is 12.3. The maximum atomic E-state index is 12.3. The summed E-state index contributed by atoms with van der Waals surface area (Å²) in [5.74, 6) is 1.43. The van der Waals surface area contributed by atoms with Gasteiger partial charge in [-0.05, 0) is 44.4 Å². The summed E-state index contributed by atoms with van der Waals surface area (Å²) < 4.78 is 26.8. The summed E-state index contributed by atoms with van der Waals surface area (Å²) in [6, 6.07) is 8.59. The molecule has 132 valence electrons. The van der Waals surface area contributed by atoms with Crippen LogP contribution in [0.3, 0.4) is 0 Å². The average Bonchev–Trinajstić information content (AvgIpc) is 2.94. The van der Waals surface area contributed by atoms with Gasteiger partial charge in [0.25, 0.3) is 0 Å². The highest BCUT2D eigenvalue weighted by Gasteiger charge is 2.15. The van der Waals surface area contributed by atoms with Gasteiger partial charge in [0, 0.05) is 12.7 Å². The van der Waals surface area contributed by atoms with E-state index in [1.54, 1.807) is 30.5 Å². The van der Waals surface area contributed by atoms with E-state index in [0.29, 0.717) is 23.7 Å². The van der Waals surface area contributed by atoms with E-state index < -0.39 is 9.84 Å². The molecule has 0 aliphatic rings. The lowest BCUT2D eigenvalue weighted by Crippen LogP contribution is -2.09. The van der Waals surface area contributed by atoms with Crippen molar-refractivity contribution < 1.29 is 8.42 Å². The smallest absolute Gasteiger partial charge is 0.178 e. The highest BCUT2D eigenvalue weighted by Crippen LogP contribution is 2.24. The molecule has 1 aromatic carbocycles. The Bertz CT molecular complexity index is 995. The molecule has 2 N–H and O–H groups in total. The quantitative estimate of drug-likeness (QED) is 0.684. The number of aromatic nitrogens is 3. The molecule has 0 saturated heterocycles.